The molecule has 72 heavy (non-hydrogen) atoms. The van der Waals surface area contributed by atoms with Crippen molar-refractivity contribution in [3.05, 3.63) is 72.9 Å². The average molecular weight is 1010 g/mol. The summed E-state index contributed by atoms with van der Waals surface area (Å²) in [6.07, 6.45) is 77.6. The molecule has 0 aliphatic heterocycles. The Morgan fingerprint density at radius 2 is 0.556 bits per heavy atom. The van der Waals surface area contributed by atoms with E-state index in [2.05, 4.69) is 93.7 Å². The molecule has 0 rings (SSSR count). The van der Waals surface area contributed by atoms with Gasteiger partial charge in [0.25, 0.3) is 0 Å². The van der Waals surface area contributed by atoms with Crippen LogP contribution in [0.15, 0.2) is 72.9 Å². The summed E-state index contributed by atoms with van der Waals surface area (Å²) in [7, 11) is 0. The molecule has 416 valence electrons. The fraction of sp³-hybridized carbons (Fsp3) is 0.773. The Kier molecular flexibility index (Phi) is 57.8. The van der Waals surface area contributed by atoms with Crippen molar-refractivity contribution < 1.29 is 28.6 Å². The van der Waals surface area contributed by atoms with Crippen LogP contribution in [0, 0.1) is 0 Å². The summed E-state index contributed by atoms with van der Waals surface area (Å²) in [5.74, 6) is -0.961. The van der Waals surface area contributed by atoms with E-state index in [4.69, 9.17) is 14.2 Å². The quantitative estimate of drug-likeness (QED) is 0.0199. The van der Waals surface area contributed by atoms with Crippen LogP contribution in [-0.2, 0) is 28.6 Å². The van der Waals surface area contributed by atoms with Crippen LogP contribution in [-0.4, -0.2) is 37.2 Å². The van der Waals surface area contributed by atoms with Crippen molar-refractivity contribution in [2.24, 2.45) is 0 Å². The number of rotatable bonds is 56. The fourth-order valence-corrected chi connectivity index (χ4v) is 8.74. The molecule has 0 N–H and O–H groups in total. The van der Waals surface area contributed by atoms with Crippen molar-refractivity contribution in [3.63, 3.8) is 0 Å². The average Bonchev–Trinajstić information content (AvgIpc) is 3.38. The zero-order valence-electron chi connectivity index (χ0n) is 47.7. The highest BCUT2D eigenvalue weighted by Crippen LogP contribution is 2.15. The standard InChI is InChI=1S/C66H116O6/c1-4-7-10-13-16-19-22-25-28-31-33-36-38-41-44-47-50-53-56-59-65(68)71-62-63(61-70-64(67)58-55-52-49-46-43-40-37-34-30-27-24-21-18-15-12-9-6-3)72-66(69)60-57-54-51-48-45-42-39-35-32-29-26-23-20-17-14-11-8-5-2/h27,29-33,35,37,39-40,46,49,63H,4-26,28,34,36,38,41-45,47-48,50-62H2,1-3H3/b30-27-,32-29-,33-31-,39-35-,40-37-,49-46-. The van der Waals surface area contributed by atoms with Crippen LogP contribution in [0.2, 0.25) is 0 Å². The molecule has 0 aromatic heterocycles. The lowest BCUT2D eigenvalue weighted by Gasteiger charge is -2.18. The number of esters is 3. The summed E-state index contributed by atoms with van der Waals surface area (Å²) in [6.45, 7) is 6.60. The van der Waals surface area contributed by atoms with Crippen LogP contribution in [0.1, 0.15) is 310 Å². The second-order valence-electron chi connectivity index (χ2n) is 20.6. The van der Waals surface area contributed by atoms with Crippen LogP contribution < -0.4 is 0 Å². The Bertz CT molecular complexity index is 1340. The summed E-state index contributed by atoms with van der Waals surface area (Å²) in [5, 5.41) is 0. The predicted octanol–water partition coefficient (Wildman–Crippen LogP) is 20.9. The second kappa shape index (κ2) is 60.4. The topological polar surface area (TPSA) is 78.9 Å². The highest BCUT2D eigenvalue weighted by molar-refractivity contribution is 5.71. The third kappa shape index (κ3) is 57.7. The molecular formula is C66H116O6. The van der Waals surface area contributed by atoms with Gasteiger partial charge < -0.3 is 14.2 Å². The number of allylic oxidation sites excluding steroid dienone is 12. The molecule has 6 heteroatoms. The van der Waals surface area contributed by atoms with E-state index in [9.17, 15) is 14.4 Å². The summed E-state index contributed by atoms with van der Waals surface area (Å²) in [6, 6.07) is 0. The highest BCUT2D eigenvalue weighted by Gasteiger charge is 2.19. The van der Waals surface area contributed by atoms with Crippen molar-refractivity contribution in [1.82, 2.24) is 0 Å². The minimum absolute atomic E-state index is 0.0988. The van der Waals surface area contributed by atoms with Gasteiger partial charge in [-0.2, -0.15) is 0 Å². The monoisotopic (exact) mass is 1000 g/mol. The van der Waals surface area contributed by atoms with Gasteiger partial charge in [0.2, 0.25) is 0 Å². The number of hydrogen-bond donors (Lipinski definition) is 0. The molecule has 6 nitrogen and oxygen atoms in total. The van der Waals surface area contributed by atoms with Gasteiger partial charge >= 0.3 is 17.9 Å². The Morgan fingerprint density at radius 1 is 0.292 bits per heavy atom. The maximum atomic E-state index is 12.9. The minimum Gasteiger partial charge on any atom is -0.462 e. The van der Waals surface area contributed by atoms with Gasteiger partial charge in [-0.3, -0.25) is 14.4 Å². The van der Waals surface area contributed by atoms with Crippen LogP contribution in [0.3, 0.4) is 0 Å². The molecule has 0 radical (unpaired) electrons. The summed E-state index contributed by atoms with van der Waals surface area (Å²) >= 11 is 0. The third-order valence-corrected chi connectivity index (χ3v) is 13.4. The number of carbonyl (C=O) groups is 3. The van der Waals surface area contributed by atoms with Gasteiger partial charge in [0.1, 0.15) is 13.2 Å². The van der Waals surface area contributed by atoms with Gasteiger partial charge in [-0.15, -0.1) is 0 Å². The first-order chi connectivity index (χ1) is 35.5. The van der Waals surface area contributed by atoms with E-state index in [-0.39, 0.29) is 37.5 Å². The Hall–Kier alpha value is -3.15. The van der Waals surface area contributed by atoms with Gasteiger partial charge in [-0.05, 0) is 103 Å². The van der Waals surface area contributed by atoms with Crippen LogP contribution >= 0.6 is 0 Å². The Balaban J connectivity index is 4.47. The summed E-state index contributed by atoms with van der Waals surface area (Å²) in [5.41, 5.74) is 0. The zero-order chi connectivity index (χ0) is 52.2. The van der Waals surface area contributed by atoms with E-state index in [0.29, 0.717) is 19.3 Å². The van der Waals surface area contributed by atoms with Gasteiger partial charge in [-0.1, -0.05) is 261 Å². The zero-order valence-corrected chi connectivity index (χ0v) is 47.7. The van der Waals surface area contributed by atoms with Gasteiger partial charge in [0.05, 0.1) is 0 Å². The third-order valence-electron chi connectivity index (χ3n) is 13.4. The smallest absolute Gasteiger partial charge is 0.306 e. The SMILES string of the molecule is CCCCCCCC/C=C\C/C=C\C/C=C\CCCC(=O)OCC(COC(=O)CCCCCCCCC/C=C\CCCCCCCCCC)OC(=O)CCCCCCC/C=C\C=C/CCCCCCCCC. The Morgan fingerprint density at radius 3 is 0.931 bits per heavy atom. The van der Waals surface area contributed by atoms with E-state index < -0.39 is 6.10 Å². The number of carbonyl (C=O) groups excluding carboxylic acids is 3. The Labute approximate surface area is 446 Å². The van der Waals surface area contributed by atoms with Crippen molar-refractivity contribution >= 4 is 17.9 Å². The predicted molar refractivity (Wildman–Crippen MR) is 311 cm³/mol. The highest BCUT2D eigenvalue weighted by atomic mass is 16.6. The first-order valence-electron chi connectivity index (χ1n) is 31.0. The fourth-order valence-electron chi connectivity index (χ4n) is 8.74. The van der Waals surface area contributed by atoms with Crippen molar-refractivity contribution in [1.29, 1.82) is 0 Å². The lowest BCUT2D eigenvalue weighted by molar-refractivity contribution is -0.167. The number of hydrogen-bond acceptors (Lipinski definition) is 6. The van der Waals surface area contributed by atoms with Crippen LogP contribution in [0.4, 0.5) is 0 Å². The molecule has 0 bridgehead atoms. The van der Waals surface area contributed by atoms with E-state index >= 15 is 0 Å². The van der Waals surface area contributed by atoms with Crippen molar-refractivity contribution in [2.45, 2.75) is 316 Å². The van der Waals surface area contributed by atoms with E-state index in [1.165, 1.54) is 186 Å². The normalized spacial score (nSPS) is 12.5. The van der Waals surface area contributed by atoms with Gasteiger partial charge in [-0.25, -0.2) is 0 Å². The van der Waals surface area contributed by atoms with Gasteiger partial charge in [0, 0.05) is 19.3 Å². The molecule has 0 aliphatic carbocycles. The lowest BCUT2D eigenvalue weighted by atomic mass is 10.1. The van der Waals surface area contributed by atoms with Crippen LogP contribution in [0.5, 0.6) is 0 Å². The van der Waals surface area contributed by atoms with E-state index in [0.717, 1.165) is 77.0 Å². The molecule has 1 unspecified atom stereocenters. The second-order valence-corrected chi connectivity index (χ2v) is 20.6. The molecular weight excluding hydrogens is 889 g/mol. The molecule has 0 spiro atoms. The summed E-state index contributed by atoms with van der Waals surface area (Å²) < 4.78 is 16.9. The number of unbranched alkanes of at least 4 members (excludes halogenated alkanes) is 34. The van der Waals surface area contributed by atoms with Gasteiger partial charge in [0.15, 0.2) is 6.10 Å². The van der Waals surface area contributed by atoms with Crippen molar-refractivity contribution in [2.75, 3.05) is 13.2 Å². The summed E-state index contributed by atoms with van der Waals surface area (Å²) in [4.78, 5) is 38.2. The van der Waals surface area contributed by atoms with Crippen LogP contribution in [0.25, 0.3) is 0 Å². The van der Waals surface area contributed by atoms with E-state index in [1.54, 1.807) is 0 Å². The molecule has 1 atom stereocenters. The maximum absolute atomic E-state index is 12.9. The molecule has 0 fully saturated rings. The molecule has 0 aliphatic rings. The maximum Gasteiger partial charge on any atom is 0.306 e. The van der Waals surface area contributed by atoms with E-state index in [1.807, 2.05) is 0 Å². The minimum atomic E-state index is -0.807. The number of ether oxygens (including phenoxy) is 3. The first-order valence-corrected chi connectivity index (χ1v) is 31.0. The molecule has 0 saturated heterocycles. The molecule has 0 heterocycles. The first kappa shape index (κ1) is 68.8. The largest absolute Gasteiger partial charge is 0.462 e. The molecule has 0 saturated carbocycles. The van der Waals surface area contributed by atoms with Crippen molar-refractivity contribution in [3.8, 4) is 0 Å². The molecule has 0 aromatic rings. The molecule has 0 aromatic carbocycles. The molecule has 0 amide bonds. The lowest BCUT2D eigenvalue weighted by Crippen LogP contribution is -2.30.